The minimum Gasteiger partial charge on any atom is -0.482 e. The maximum absolute atomic E-state index is 12.7. The predicted molar refractivity (Wildman–Crippen MR) is 83.9 cm³/mol. The van der Waals surface area contributed by atoms with Crippen molar-refractivity contribution in [1.82, 2.24) is 4.90 Å². The molecule has 22 heavy (non-hydrogen) atoms. The summed E-state index contributed by atoms with van der Waals surface area (Å²) in [5, 5.41) is 0. The van der Waals surface area contributed by atoms with E-state index < -0.39 is 6.10 Å². The Morgan fingerprint density at radius 1 is 1.23 bits per heavy atom. The summed E-state index contributed by atoms with van der Waals surface area (Å²) in [5.74, 6) is 1.87. The number of benzene rings is 1. The van der Waals surface area contributed by atoms with Crippen LogP contribution in [0.4, 0.5) is 0 Å². The maximum atomic E-state index is 12.7. The number of hydrogen-bond acceptors (Lipinski definition) is 4. The molecule has 0 aromatic heterocycles. The molecule has 1 fully saturated rings. The summed E-state index contributed by atoms with van der Waals surface area (Å²) in [5.41, 5.74) is 5.96. The zero-order chi connectivity index (χ0) is 15.7. The molecule has 0 saturated carbocycles. The lowest BCUT2D eigenvalue weighted by molar-refractivity contribution is -0.145. The molecule has 120 valence electrons. The fourth-order valence-electron chi connectivity index (χ4n) is 3.22. The van der Waals surface area contributed by atoms with Gasteiger partial charge in [0.05, 0.1) is 0 Å². The number of para-hydroxylation sites is 2. The topological polar surface area (TPSA) is 64.8 Å². The number of piperidine rings is 1. The molecular weight excluding hydrogens is 280 g/mol. The van der Waals surface area contributed by atoms with Crippen LogP contribution in [0.3, 0.4) is 0 Å². The van der Waals surface area contributed by atoms with Crippen LogP contribution >= 0.6 is 0 Å². The van der Waals surface area contributed by atoms with Gasteiger partial charge in [-0.2, -0.15) is 0 Å². The van der Waals surface area contributed by atoms with E-state index in [2.05, 4.69) is 0 Å². The number of ether oxygens (including phenoxy) is 2. The van der Waals surface area contributed by atoms with Gasteiger partial charge < -0.3 is 20.1 Å². The zero-order valence-electron chi connectivity index (χ0n) is 13.2. The van der Waals surface area contributed by atoms with Gasteiger partial charge in [-0.05, 0) is 44.7 Å². The van der Waals surface area contributed by atoms with Crippen molar-refractivity contribution in [1.29, 1.82) is 0 Å². The lowest BCUT2D eigenvalue weighted by Crippen LogP contribution is -2.53. The highest BCUT2D eigenvalue weighted by Crippen LogP contribution is 2.34. The maximum Gasteiger partial charge on any atom is 0.267 e. The molecule has 2 aliphatic heterocycles. The second-order valence-electron chi connectivity index (χ2n) is 6.33. The van der Waals surface area contributed by atoms with Crippen LogP contribution in [0.15, 0.2) is 24.3 Å². The van der Waals surface area contributed by atoms with Crippen LogP contribution in [0.1, 0.15) is 26.7 Å². The zero-order valence-corrected chi connectivity index (χ0v) is 13.2. The summed E-state index contributed by atoms with van der Waals surface area (Å²) in [6.45, 7) is 5.42. The Balaban J connectivity index is 1.66. The number of nitrogens with zero attached hydrogens (tertiary/aromatic N) is 1. The van der Waals surface area contributed by atoms with Gasteiger partial charge in [0.1, 0.15) is 6.10 Å². The number of hydrogen-bond donors (Lipinski definition) is 1. The fraction of sp³-hybridized carbons (Fsp3) is 0.588. The van der Waals surface area contributed by atoms with Gasteiger partial charge >= 0.3 is 0 Å². The molecule has 3 atom stereocenters. The van der Waals surface area contributed by atoms with E-state index in [-0.39, 0.29) is 18.1 Å². The second-order valence-corrected chi connectivity index (χ2v) is 6.33. The van der Waals surface area contributed by atoms with Crippen molar-refractivity contribution in [3.05, 3.63) is 24.3 Å². The number of carbonyl (C=O) groups excluding carboxylic acids is 1. The summed E-state index contributed by atoms with van der Waals surface area (Å²) in [7, 11) is 0. The highest BCUT2D eigenvalue weighted by atomic mass is 16.6. The van der Waals surface area contributed by atoms with Crippen LogP contribution in [-0.4, -0.2) is 42.1 Å². The molecule has 1 amide bonds. The van der Waals surface area contributed by atoms with E-state index in [9.17, 15) is 4.79 Å². The first kappa shape index (κ1) is 15.2. The third-order valence-corrected chi connectivity index (χ3v) is 4.68. The van der Waals surface area contributed by atoms with E-state index >= 15 is 0 Å². The molecule has 2 heterocycles. The van der Waals surface area contributed by atoms with Crippen molar-refractivity contribution in [2.75, 3.05) is 13.1 Å². The Morgan fingerprint density at radius 3 is 2.41 bits per heavy atom. The number of fused-ring (bicyclic) bond motifs is 1. The van der Waals surface area contributed by atoms with Crippen molar-refractivity contribution in [3.63, 3.8) is 0 Å². The lowest BCUT2D eigenvalue weighted by atomic mass is 9.90. The first-order valence-electron chi connectivity index (χ1n) is 8.03. The van der Waals surface area contributed by atoms with E-state index in [1.54, 1.807) is 0 Å². The molecular formula is C17H24N2O3. The van der Waals surface area contributed by atoms with Gasteiger partial charge in [-0.25, -0.2) is 0 Å². The van der Waals surface area contributed by atoms with Crippen molar-refractivity contribution < 1.29 is 14.3 Å². The molecule has 0 radical (unpaired) electrons. The minimum atomic E-state index is -0.568. The number of amides is 1. The number of rotatable bonds is 2. The van der Waals surface area contributed by atoms with Gasteiger partial charge in [-0.3, -0.25) is 4.79 Å². The van der Waals surface area contributed by atoms with Crippen molar-refractivity contribution in [2.45, 2.75) is 44.9 Å². The van der Waals surface area contributed by atoms with Gasteiger partial charge in [0, 0.05) is 19.1 Å². The van der Waals surface area contributed by atoms with Crippen LogP contribution in [0.25, 0.3) is 0 Å². The van der Waals surface area contributed by atoms with Crippen LogP contribution in [0.5, 0.6) is 11.5 Å². The summed E-state index contributed by atoms with van der Waals surface area (Å²) >= 11 is 0. The SMILES string of the molecule is CC(N)C1CCN(C(=O)C2Oc3ccccc3OC2C)CC1. The van der Waals surface area contributed by atoms with Crippen LogP contribution in [-0.2, 0) is 4.79 Å². The van der Waals surface area contributed by atoms with Crippen molar-refractivity contribution >= 4 is 5.91 Å². The number of nitrogens with two attached hydrogens (primary N) is 1. The van der Waals surface area contributed by atoms with Gasteiger partial charge in [-0.1, -0.05) is 12.1 Å². The molecule has 5 nitrogen and oxygen atoms in total. The third-order valence-electron chi connectivity index (χ3n) is 4.68. The Hall–Kier alpha value is -1.75. The molecule has 2 aliphatic rings. The first-order chi connectivity index (χ1) is 10.6. The largest absolute Gasteiger partial charge is 0.482 e. The quantitative estimate of drug-likeness (QED) is 0.905. The number of carbonyl (C=O) groups is 1. The second kappa shape index (κ2) is 6.16. The van der Waals surface area contributed by atoms with Gasteiger partial charge in [0.25, 0.3) is 5.91 Å². The van der Waals surface area contributed by atoms with Crippen LogP contribution < -0.4 is 15.2 Å². The highest BCUT2D eigenvalue weighted by molar-refractivity contribution is 5.82. The molecule has 0 spiro atoms. The van der Waals surface area contributed by atoms with E-state index in [0.29, 0.717) is 17.4 Å². The lowest BCUT2D eigenvalue weighted by Gasteiger charge is -2.38. The first-order valence-corrected chi connectivity index (χ1v) is 8.03. The standard InChI is InChI=1S/C17H24N2O3/c1-11(18)13-7-9-19(10-8-13)17(20)16-12(2)21-14-5-3-4-6-15(14)22-16/h3-6,11-13,16H,7-10,18H2,1-2H3. The molecule has 5 heteroatoms. The molecule has 0 aliphatic carbocycles. The summed E-state index contributed by atoms with van der Waals surface area (Å²) in [4.78, 5) is 14.6. The van der Waals surface area contributed by atoms with E-state index in [1.165, 1.54) is 0 Å². The van der Waals surface area contributed by atoms with E-state index in [1.807, 2.05) is 43.0 Å². The van der Waals surface area contributed by atoms with Gasteiger partial charge in [0.2, 0.25) is 6.10 Å². The molecule has 2 N–H and O–H groups in total. The Labute approximate surface area is 131 Å². The average molecular weight is 304 g/mol. The van der Waals surface area contributed by atoms with Crippen LogP contribution in [0, 0.1) is 5.92 Å². The third kappa shape index (κ3) is 2.90. The van der Waals surface area contributed by atoms with E-state index in [4.69, 9.17) is 15.2 Å². The minimum absolute atomic E-state index is 0.0186. The fourth-order valence-corrected chi connectivity index (χ4v) is 3.22. The van der Waals surface area contributed by atoms with Crippen LogP contribution in [0.2, 0.25) is 0 Å². The van der Waals surface area contributed by atoms with Gasteiger partial charge in [-0.15, -0.1) is 0 Å². The van der Waals surface area contributed by atoms with Gasteiger partial charge in [0.15, 0.2) is 11.5 Å². The summed E-state index contributed by atoms with van der Waals surface area (Å²) in [6, 6.07) is 7.67. The highest BCUT2D eigenvalue weighted by Gasteiger charge is 2.38. The normalized spacial score (nSPS) is 26.6. The Bertz CT molecular complexity index is 538. The Kier molecular flexibility index (Phi) is 4.25. The Morgan fingerprint density at radius 2 is 1.82 bits per heavy atom. The smallest absolute Gasteiger partial charge is 0.267 e. The molecule has 3 unspecified atom stereocenters. The molecule has 1 aromatic rings. The number of likely N-dealkylation sites (tertiary alicyclic amines) is 1. The predicted octanol–water partition coefficient (Wildman–Crippen LogP) is 1.80. The van der Waals surface area contributed by atoms with E-state index in [0.717, 1.165) is 25.9 Å². The summed E-state index contributed by atoms with van der Waals surface area (Å²) in [6.07, 6.45) is 1.07. The monoisotopic (exact) mass is 304 g/mol. The summed E-state index contributed by atoms with van der Waals surface area (Å²) < 4.78 is 11.7. The van der Waals surface area contributed by atoms with Crippen molar-refractivity contribution in [3.8, 4) is 11.5 Å². The molecule has 3 rings (SSSR count). The molecule has 1 aromatic carbocycles. The molecule has 1 saturated heterocycles. The molecule has 0 bridgehead atoms. The van der Waals surface area contributed by atoms with Crippen molar-refractivity contribution in [2.24, 2.45) is 11.7 Å². The average Bonchev–Trinajstić information content (AvgIpc) is 2.53.